The van der Waals surface area contributed by atoms with Crippen molar-refractivity contribution in [2.75, 3.05) is 4.90 Å². The molecule has 0 aliphatic carbocycles. The Morgan fingerprint density at radius 1 is 0.923 bits per heavy atom. The third kappa shape index (κ3) is 5.50. The van der Waals surface area contributed by atoms with E-state index in [2.05, 4.69) is 27.6 Å². The Hall–Kier alpha value is -3.47. The van der Waals surface area contributed by atoms with E-state index in [1.165, 1.54) is 4.90 Å². The molecule has 196 valence electrons. The van der Waals surface area contributed by atoms with E-state index in [0.29, 0.717) is 26.9 Å². The summed E-state index contributed by atoms with van der Waals surface area (Å²) in [6, 6.07) is 18.7. The number of aromatic nitrogens is 1. The normalized spacial score (nSPS) is 16.0. The summed E-state index contributed by atoms with van der Waals surface area (Å²) in [6.07, 6.45) is 3.25. The molecule has 7 nitrogen and oxygen atoms in total. The van der Waals surface area contributed by atoms with Gasteiger partial charge >= 0.3 is 5.97 Å². The maximum absolute atomic E-state index is 14.5. The number of anilines is 1. The molecule has 1 N–H and O–H groups in total. The second-order valence-electron chi connectivity index (χ2n) is 8.90. The molecule has 3 aromatic carbocycles. The first-order chi connectivity index (χ1) is 18.7. The molecule has 10 heteroatoms. The number of rotatable bonds is 6. The zero-order valence-corrected chi connectivity index (χ0v) is 23.8. The number of benzene rings is 3. The second-order valence-corrected chi connectivity index (χ2v) is 11.0. The molecular weight excluding hydrogens is 652 g/mol. The molecule has 5 rings (SSSR count). The molecule has 0 radical (unpaired) electrons. The maximum Gasteiger partial charge on any atom is 0.331 e. The molecule has 0 unspecified atom stereocenters. The van der Waals surface area contributed by atoms with Gasteiger partial charge in [0.05, 0.1) is 17.8 Å². The number of carbonyl (C=O) groups is 3. The summed E-state index contributed by atoms with van der Waals surface area (Å²) in [6.45, 7) is 0.152. The lowest BCUT2D eigenvalue weighted by molar-refractivity contribution is -0.144. The van der Waals surface area contributed by atoms with Gasteiger partial charge in [0.15, 0.2) is 6.04 Å². The van der Waals surface area contributed by atoms with Gasteiger partial charge in [0.1, 0.15) is 6.04 Å². The van der Waals surface area contributed by atoms with Gasteiger partial charge in [0.2, 0.25) is 0 Å². The summed E-state index contributed by atoms with van der Waals surface area (Å²) in [5.74, 6) is -2.33. The van der Waals surface area contributed by atoms with Crippen molar-refractivity contribution in [3.8, 4) is 0 Å². The fourth-order valence-electron chi connectivity index (χ4n) is 4.67. The second kappa shape index (κ2) is 11.3. The molecule has 0 saturated carbocycles. The van der Waals surface area contributed by atoms with E-state index in [9.17, 15) is 19.5 Å². The van der Waals surface area contributed by atoms with Gasteiger partial charge in [-0.15, -0.1) is 0 Å². The van der Waals surface area contributed by atoms with Crippen molar-refractivity contribution in [1.82, 2.24) is 9.88 Å². The quantitative estimate of drug-likeness (QED) is 0.235. The molecular formula is C29H20Cl2IN3O4. The average Bonchev–Trinajstić information content (AvgIpc) is 3.00. The Morgan fingerprint density at radius 2 is 1.54 bits per heavy atom. The van der Waals surface area contributed by atoms with E-state index in [-0.39, 0.29) is 12.1 Å². The fraction of sp³-hybridized carbons (Fsp3) is 0.103. The predicted octanol–water partition coefficient (Wildman–Crippen LogP) is 6.55. The molecule has 0 bridgehead atoms. The Bertz CT molecular complexity index is 1550. The van der Waals surface area contributed by atoms with Crippen LogP contribution in [0.4, 0.5) is 5.69 Å². The van der Waals surface area contributed by atoms with Crippen LogP contribution in [0.25, 0.3) is 0 Å². The van der Waals surface area contributed by atoms with Crippen LogP contribution >= 0.6 is 45.8 Å². The van der Waals surface area contributed by atoms with Crippen LogP contribution in [0, 0.1) is 3.57 Å². The average molecular weight is 672 g/mol. The minimum atomic E-state index is -1.48. The SMILES string of the molecule is O=C(O)[C@@H](c1ccc(Cl)cc1)N1C(=O)c2cc(I)ccc2N(Cc2ccncc2)C(=O)[C@@H]1c1ccc(Cl)cc1. The number of halogens is 3. The van der Waals surface area contributed by atoms with Crippen LogP contribution in [0.15, 0.2) is 91.3 Å². The minimum absolute atomic E-state index is 0.152. The van der Waals surface area contributed by atoms with E-state index in [4.69, 9.17) is 23.2 Å². The van der Waals surface area contributed by atoms with Crippen LogP contribution in [0.5, 0.6) is 0 Å². The lowest BCUT2D eigenvalue weighted by Gasteiger charge is -2.35. The number of nitrogens with zero attached hydrogens (tertiary/aromatic N) is 3. The van der Waals surface area contributed by atoms with Gasteiger partial charge < -0.3 is 14.9 Å². The van der Waals surface area contributed by atoms with Crippen LogP contribution in [-0.4, -0.2) is 32.8 Å². The van der Waals surface area contributed by atoms with Crippen molar-refractivity contribution in [2.45, 2.75) is 18.6 Å². The smallest absolute Gasteiger partial charge is 0.331 e. The number of carboxylic acid groups (broad SMARTS) is 1. The Morgan fingerprint density at radius 3 is 2.15 bits per heavy atom. The molecule has 2 atom stereocenters. The first-order valence-corrected chi connectivity index (χ1v) is 13.6. The van der Waals surface area contributed by atoms with Crippen molar-refractivity contribution >= 4 is 69.3 Å². The molecule has 39 heavy (non-hydrogen) atoms. The molecule has 1 aromatic heterocycles. The molecule has 2 heterocycles. The first kappa shape index (κ1) is 27.1. The summed E-state index contributed by atoms with van der Waals surface area (Å²) in [4.78, 5) is 48.5. The van der Waals surface area contributed by atoms with E-state index < -0.39 is 29.9 Å². The van der Waals surface area contributed by atoms with Gasteiger partial charge in [-0.1, -0.05) is 47.5 Å². The monoisotopic (exact) mass is 671 g/mol. The van der Waals surface area contributed by atoms with Crippen LogP contribution in [0.3, 0.4) is 0 Å². The van der Waals surface area contributed by atoms with Gasteiger partial charge in [-0.05, 0) is 93.9 Å². The fourth-order valence-corrected chi connectivity index (χ4v) is 5.42. The number of fused-ring (bicyclic) bond motifs is 1. The van der Waals surface area contributed by atoms with Crippen molar-refractivity contribution < 1.29 is 19.5 Å². The highest BCUT2D eigenvalue weighted by atomic mass is 127. The van der Waals surface area contributed by atoms with Gasteiger partial charge in [0.25, 0.3) is 11.8 Å². The third-order valence-electron chi connectivity index (χ3n) is 6.47. The van der Waals surface area contributed by atoms with Crippen molar-refractivity contribution in [3.05, 3.63) is 127 Å². The van der Waals surface area contributed by atoms with Gasteiger partial charge in [0, 0.05) is 26.0 Å². The number of hydrogen-bond donors (Lipinski definition) is 1. The zero-order chi connectivity index (χ0) is 27.7. The molecule has 2 amide bonds. The molecule has 4 aromatic rings. The summed E-state index contributed by atoms with van der Waals surface area (Å²) in [7, 11) is 0. The molecule has 0 fully saturated rings. The topological polar surface area (TPSA) is 90.8 Å². The first-order valence-electron chi connectivity index (χ1n) is 11.8. The van der Waals surface area contributed by atoms with Crippen LogP contribution in [0.2, 0.25) is 10.0 Å². The maximum atomic E-state index is 14.5. The molecule has 0 spiro atoms. The van der Waals surface area contributed by atoms with E-state index >= 15 is 0 Å². The van der Waals surface area contributed by atoms with Gasteiger partial charge in [-0.25, -0.2) is 4.79 Å². The van der Waals surface area contributed by atoms with Crippen molar-refractivity contribution in [1.29, 1.82) is 0 Å². The summed E-state index contributed by atoms with van der Waals surface area (Å²) >= 11 is 14.3. The minimum Gasteiger partial charge on any atom is -0.479 e. The van der Waals surface area contributed by atoms with Crippen LogP contribution in [-0.2, 0) is 16.1 Å². The highest BCUT2D eigenvalue weighted by molar-refractivity contribution is 14.1. The van der Waals surface area contributed by atoms with Gasteiger partial charge in [-0.2, -0.15) is 0 Å². The highest BCUT2D eigenvalue weighted by Crippen LogP contribution is 2.41. The number of hydrogen-bond acceptors (Lipinski definition) is 4. The molecule has 0 saturated heterocycles. The standard InChI is InChI=1S/C29H20Cl2IN3O4/c30-20-5-1-18(2-6-20)25-28(37)34(16-17-11-13-33-14-12-17)24-10-9-22(32)15-23(24)27(36)35(25)26(29(38)39)19-3-7-21(31)8-4-19/h1-15,25-26H,16H2,(H,38,39)/t25-,26+/m0/s1. The van der Waals surface area contributed by atoms with Crippen LogP contribution < -0.4 is 4.90 Å². The van der Waals surface area contributed by atoms with Crippen molar-refractivity contribution in [2.24, 2.45) is 0 Å². The lowest BCUT2D eigenvalue weighted by atomic mass is 9.97. The largest absolute Gasteiger partial charge is 0.479 e. The molecule has 1 aliphatic heterocycles. The van der Waals surface area contributed by atoms with E-state index in [0.717, 1.165) is 14.0 Å². The summed E-state index contributed by atoms with van der Waals surface area (Å²) in [5, 5.41) is 11.3. The Kier molecular flexibility index (Phi) is 7.88. The predicted molar refractivity (Wildman–Crippen MR) is 157 cm³/mol. The number of carbonyl (C=O) groups excluding carboxylic acids is 2. The Labute approximate surface area is 248 Å². The number of aliphatic carboxylic acids is 1. The lowest BCUT2D eigenvalue weighted by Crippen LogP contribution is -2.46. The number of amides is 2. The number of pyridine rings is 1. The molecule has 1 aliphatic rings. The Balaban J connectivity index is 1.76. The highest BCUT2D eigenvalue weighted by Gasteiger charge is 2.46. The number of carboxylic acids is 1. The van der Waals surface area contributed by atoms with Crippen molar-refractivity contribution in [3.63, 3.8) is 0 Å². The summed E-state index contributed by atoms with van der Waals surface area (Å²) in [5.41, 5.74) is 2.15. The third-order valence-corrected chi connectivity index (χ3v) is 7.64. The van der Waals surface area contributed by atoms with Gasteiger partial charge in [-0.3, -0.25) is 14.6 Å². The summed E-state index contributed by atoms with van der Waals surface area (Å²) < 4.78 is 0.763. The zero-order valence-electron chi connectivity index (χ0n) is 20.2. The van der Waals surface area contributed by atoms with Crippen LogP contribution in [0.1, 0.15) is 39.1 Å². The van der Waals surface area contributed by atoms with E-state index in [1.54, 1.807) is 91.3 Å². The van der Waals surface area contributed by atoms with E-state index in [1.807, 2.05) is 0 Å².